The van der Waals surface area contributed by atoms with Crippen LogP contribution in [-0.4, -0.2) is 13.1 Å². The van der Waals surface area contributed by atoms with Crippen molar-refractivity contribution in [2.45, 2.75) is 40.0 Å². The monoisotopic (exact) mass is 219 g/mol. The molecule has 1 aliphatic heterocycles. The fraction of sp³-hybridized carbons (Fsp3) is 0.733. The van der Waals surface area contributed by atoms with Gasteiger partial charge in [0.05, 0.1) is 0 Å². The van der Waals surface area contributed by atoms with Crippen LogP contribution in [0.5, 0.6) is 0 Å². The molecule has 0 aromatic rings. The standard InChI is InChI=1S/C15H25N/c1-4-8-15(3,5-2)14-7-6-12-10-16-11-13(12)9-14/h6-7,9,12-13,16H,4-5,8,10-11H2,1-3H3. The Morgan fingerprint density at radius 3 is 2.75 bits per heavy atom. The molecule has 0 aromatic carbocycles. The van der Waals surface area contributed by atoms with Gasteiger partial charge in [0.2, 0.25) is 0 Å². The Morgan fingerprint density at radius 2 is 2.06 bits per heavy atom. The first-order valence-electron chi connectivity index (χ1n) is 6.81. The summed E-state index contributed by atoms with van der Waals surface area (Å²) in [5.74, 6) is 1.51. The van der Waals surface area contributed by atoms with Crippen LogP contribution in [0.2, 0.25) is 0 Å². The van der Waals surface area contributed by atoms with Gasteiger partial charge < -0.3 is 5.32 Å². The van der Waals surface area contributed by atoms with Crippen LogP contribution in [-0.2, 0) is 0 Å². The van der Waals surface area contributed by atoms with Crippen LogP contribution in [0.15, 0.2) is 23.8 Å². The van der Waals surface area contributed by atoms with Crippen LogP contribution >= 0.6 is 0 Å². The van der Waals surface area contributed by atoms with Gasteiger partial charge in [-0.05, 0) is 35.7 Å². The van der Waals surface area contributed by atoms with Crippen molar-refractivity contribution in [1.82, 2.24) is 5.32 Å². The normalized spacial score (nSPS) is 32.1. The van der Waals surface area contributed by atoms with Gasteiger partial charge in [-0.15, -0.1) is 0 Å². The first-order chi connectivity index (χ1) is 7.69. The van der Waals surface area contributed by atoms with E-state index >= 15 is 0 Å². The van der Waals surface area contributed by atoms with Gasteiger partial charge in [0, 0.05) is 13.1 Å². The van der Waals surface area contributed by atoms with Crippen molar-refractivity contribution in [3.05, 3.63) is 23.8 Å². The second-order valence-electron chi connectivity index (χ2n) is 5.63. The molecule has 1 saturated heterocycles. The van der Waals surface area contributed by atoms with E-state index in [2.05, 4.69) is 44.3 Å². The molecule has 0 radical (unpaired) electrons. The molecule has 3 unspecified atom stereocenters. The summed E-state index contributed by atoms with van der Waals surface area (Å²) < 4.78 is 0. The zero-order valence-electron chi connectivity index (χ0n) is 10.9. The molecular weight excluding hydrogens is 194 g/mol. The largest absolute Gasteiger partial charge is 0.316 e. The molecule has 1 heterocycles. The lowest BCUT2D eigenvalue weighted by atomic mass is 9.72. The maximum absolute atomic E-state index is 3.49. The molecule has 2 rings (SSSR count). The van der Waals surface area contributed by atoms with Gasteiger partial charge >= 0.3 is 0 Å². The number of allylic oxidation sites excluding steroid dienone is 2. The minimum absolute atomic E-state index is 0.402. The Labute approximate surface area is 100 Å². The molecule has 0 spiro atoms. The van der Waals surface area contributed by atoms with E-state index in [1.807, 2.05) is 0 Å². The van der Waals surface area contributed by atoms with Gasteiger partial charge in [0.25, 0.3) is 0 Å². The highest BCUT2D eigenvalue weighted by Crippen LogP contribution is 2.40. The third-order valence-corrected chi connectivity index (χ3v) is 4.51. The Balaban J connectivity index is 2.17. The summed E-state index contributed by atoms with van der Waals surface area (Å²) in [4.78, 5) is 0. The molecule has 1 N–H and O–H groups in total. The molecule has 1 heteroatoms. The Hall–Kier alpha value is -0.560. The third-order valence-electron chi connectivity index (χ3n) is 4.51. The lowest BCUT2D eigenvalue weighted by Crippen LogP contribution is -2.22. The van der Waals surface area contributed by atoms with Crippen molar-refractivity contribution >= 4 is 0 Å². The van der Waals surface area contributed by atoms with Crippen molar-refractivity contribution in [3.8, 4) is 0 Å². The molecule has 0 amide bonds. The number of hydrogen-bond acceptors (Lipinski definition) is 1. The highest BCUT2D eigenvalue weighted by atomic mass is 14.9. The molecular formula is C15H25N. The SMILES string of the molecule is CCCC(C)(CC)C1=CC2CNCC2C=C1. The average molecular weight is 219 g/mol. The fourth-order valence-corrected chi connectivity index (χ4v) is 3.11. The van der Waals surface area contributed by atoms with Crippen molar-refractivity contribution in [2.75, 3.05) is 13.1 Å². The van der Waals surface area contributed by atoms with Crippen LogP contribution in [0.1, 0.15) is 40.0 Å². The molecule has 0 saturated carbocycles. The molecule has 16 heavy (non-hydrogen) atoms. The van der Waals surface area contributed by atoms with Crippen molar-refractivity contribution in [3.63, 3.8) is 0 Å². The molecule has 90 valence electrons. The van der Waals surface area contributed by atoms with Gasteiger partial charge in [-0.25, -0.2) is 0 Å². The van der Waals surface area contributed by atoms with E-state index in [1.165, 1.54) is 32.4 Å². The van der Waals surface area contributed by atoms with E-state index in [1.54, 1.807) is 5.57 Å². The topological polar surface area (TPSA) is 12.0 Å². The Morgan fingerprint density at radius 1 is 1.31 bits per heavy atom. The minimum atomic E-state index is 0.402. The predicted molar refractivity (Wildman–Crippen MR) is 70.4 cm³/mol. The van der Waals surface area contributed by atoms with Gasteiger partial charge in [-0.1, -0.05) is 45.4 Å². The Bertz CT molecular complexity index is 303. The van der Waals surface area contributed by atoms with E-state index in [9.17, 15) is 0 Å². The summed E-state index contributed by atoms with van der Waals surface area (Å²) in [6, 6.07) is 0. The summed E-state index contributed by atoms with van der Waals surface area (Å²) >= 11 is 0. The maximum Gasteiger partial charge on any atom is 0.00208 e. The zero-order valence-corrected chi connectivity index (χ0v) is 10.9. The van der Waals surface area contributed by atoms with Crippen molar-refractivity contribution in [1.29, 1.82) is 0 Å². The van der Waals surface area contributed by atoms with E-state index in [4.69, 9.17) is 0 Å². The van der Waals surface area contributed by atoms with Crippen LogP contribution in [0.3, 0.4) is 0 Å². The van der Waals surface area contributed by atoms with E-state index in [0.717, 1.165) is 11.8 Å². The number of rotatable bonds is 4. The predicted octanol–water partition coefficient (Wildman–Crippen LogP) is 3.53. The smallest absolute Gasteiger partial charge is 0.00208 e. The van der Waals surface area contributed by atoms with Gasteiger partial charge in [-0.2, -0.15) is 0 Å². The summed E-state index contributed by atoms with van der Waals surface area (Å²) in [5.41, 5.74) is 1.99. The molecule has 0 bridgehead atoms. The van der Waals surface area contributed by atoms with Crippen molar-refractivity contribution < 1.29 is 0 Å². The fourth-order valence-electron chi connectivity index (χ4n) is 3.11. The first kappa shape index (κ1) is 11.9. The molecule has 0 aromatic heterocycles. The van der Waals surface area contributed by atoms with Crippen LogP contribution in [0.4, 0.5) is 0 Å². The quantitative estimate of drug-likeness (QED) is 0.762. The van der Waals surface area contributed by atoms with Crippen LogP contribution < -0.4 is 5.32 Å². The highest BCUT2D eigenvalue weighted by molar-refractivity contribution is 5.32. The molecule has 1 fully saturated rings. The van der Waals surface area contributed by atoms with E-state index in [0.29, 0.717) is 5.41 Å². The lowest BCUT2D eigenvalue weighted by molar-refractivity contribution is 0.348. The van der Waals surface area contributed by atoms with Crippen molar-refractivity contribution in [2.24, 2.45) is 17.3 Å². The lowest BCUT2D eigenvalue weighted by Gasteiger charge is -2.33. The first-order valence-corrected chi connectivity index (χ1v) is 6.81. The second-order valence-corrected chi connectivity index (χ2v) is 5.63. The molecule has 1 aliphatic carbocycles. The highest BCUT2D eigenvalue weighted by Gasteiger charge is 2.31. The zero-order chi connectivity index (χ0) is 11.6. The van der Waals surface area contributed by atoms with Crippen LogP contribution in [0, 0.1) is 17.3 Å². The Kier molecular flexibility index (Phi) is 3.53. The number of hydrogen-bond donors (Lipinski definition) is 1. The summed E-state index contributed by atoms with van der Waals surface area (Å²) in [6.07, 6.45) is 11.2. The van der Waals surface area contributed by atoms with Gasteiger partial charge in [0.15, 0.2) is 0 Å². The summed E-state index contributed by atoms with van der Waals surface area (Å²) in [6.45, 7) is 9.38. The second kappa shape index (κ2) is 4.75. The maximum atomic E-state index is 3.49. The van der Waals surface area contributed by atoms with Crippen LogP contribution in [0.25, 0.3) is 0 Å². The summed E-state index contributed by atoms with van der Waals surface area (Å²) in [5, 5.41) is 3.49. The molecule has 1 nitrogen and oxygen atoms in total. The van der Waals surface area contributed by atoms with E-state index < -0.39 is 0 Å². The molecule has 2 aliphatic rings. The summed E-state index contributed by atoms with van der Waals surface area (Å²) in [7, 11) is 0. The average Bonchev–Trinajstić information content (AvgIpc) is 2.76. The van der Waals surface area contributed by atoms with E-state index in [-0.39, 0.29) is 0 Å². The number of nitrogens with one attached hydrogen (secondary N) is 1. The van der Waals surface area contributed by atoms with Gasteiger partial charge in [0.1, 0.15) is 0 Å². The minimum Gasteiger partial charge on any atom is -0.316 e. The molecule has 3 atom stereocenters. The number of fused-ring (bicyclic) bond motifs is 1. The van der Waals surface area contributed by atoms with Gasteiger partial charge in [-0.3, -0.25) is 0 Å². The third kappa shape index (κ3) is 2.10.